The number of carbonyl (C=O) groups excluding carboxylic acids is 1. The average molecular weight is 530 g/mol. The number of hydrogen-bond acceptors (Lipinski definition) is 7. The number of sulfonamides is 1. The van der Waals surface area contributed by atoms with Crippen LogP contribution in [0.1, 0.15) is 43.4 Å². The smallest absolute Gasteiger partial charge is 0.265 e. The van der Waals surface area contributed by atoms with E-state index < -0.39 is 10.0 Å². The van der Waals surface area contributed by atoms with Gasteiger partial charge in [0.2, 0.25) is 5.91 Å². The van der Waals surface area contributed by atoms with Crippen molar-refractivity contribution in [1.82, 2.24) is 4.98 Å². The molecular formula is C26H31N3O5S2. The van der Waals surface area contributed by atoms with Crippen molar-refractivity contribution in [2.75, 3.05) is 24.3 Å². The zero-order valence-electron chi connectivity index (χ0n) is 20.9. The van der Waals surface area contributed by atoms with Crippen LogP contribution in [0.25, 0.3) is 10.4 Å². The second-order valence-corrected chi connectivity index (χ2v) is 11.6. The van der Waals surface area contributed by atoms with Gasteiger partial charge in [0.1, 0.15) is 16.4 Å². The third-order valence-electron chi connectivity index (χ3n) is 6.38. The molecule has 0 bridgehead atoms. The molecule has 10 heteroatoms. The van der Waals surface area contributed by atoms with E-state index in [1.807, 2.05) is 6.92 Å². The Morgan fingerprint density at radius 3 is 2.50 bits per heavy atom. The molecule has 0 spiro atoms. The second-order valence-electron chi connectivity index (χ2n) is 8.99. The highest BCUT2D eigenvalue weighted by molar-refractivity contribution is 7.92. The molecule has 1 amide bonds. The lowest BCUT2D eigenvalue weighted by molar-refractivity contribution is -0.117. The summed E-state index contributed by atoms with van der Waals surface area (Å²) in [6.07, 6.45) is 5.09. The maximum Gasteiger partial charge on any atom is 0.265 e. The van der Waals surface area contributed by atoms with Crippen LogP contribution >= 0.6 is 11.3 Å². The van der Waals surface area contributed by atoms with Crippen LogP contribution in [0.4, 0.5) is 10.8 Å². The summed E-state index contributed by atoms with van der Waals surface area (Å²) >= 11 is 1.33. The van der Waals surface area contributed by atoms with Crippen molar-refractivity contribution in [2.24, 2.45) is 5.92 Å². The SMILES string of the molecule is COc1ccc(NS(=O)(=O)c2cc(-c3sc(NC(=O)CC4CCCC4)nc3C)ccc2OC)c(C)c1. The number of nitrogens with zero attached hydrogens (tertiary/aromatic N) is 1. The Balaban J connectivity index is 1.59. The molecule has 192 valence electrons. The molecule has 0 saturated heterocycles. The second kappa shape index (κ2) is 10.9. The molecular weight excluding hydrogens is 498 g/mol. The molecule has 0 unspecified atom stereocenters. The minimum atomic E-state index is -3.97. The van der Waals surface area contributed by atoms with Crippen LogP contribution in [-0.2, 0) is 14.8 Å². The molecule has 4 rings (SSSR count). The molecule has 0 atom stereocenters. The van der Waals surface area contributed by atoms with Crippen LogP contribution in [0, 0.1) is 19.8 Å². The zero-order valence-corrected chi connectivity index (χ0v) is 22.5. The van der Waals surface area contributed by atoms with Gasteiger partial charge in [-0.2, -0.15) is 0 Å². The molecule has 1 heterocycles. The molecule has 2 N–H and O–H groups in total. The van der Waals surface area contributed by atoms with Crippen molar-refractivity contribution in [1.29, 1.82) is 0 Å². The van der Waals surface area contributed by atoms with Gasteiger partial charge >= 0.3 is 0 Å². The number of ether oxygens (including phenoxy) is 2. The summed E-state index contributed by atoms with van der Waals surface area (Å²) in [6.45, 7) is 3.65. The predicted octanol–water partition coefficient (Wildman–Crippen LogP) is 5.76. The van der Waals surface area contributed by atoms with E-state index >= 15 is 0 Å². The van der Waals surface area contributed by atoms with Crippen LogP contribution in [0.2, 0.25) is 0 Å². The van der Waals surface area contributed by atoms with Gasteiger partial charge in [-0.15, -0.1) is 0 Å². The fraction of sp³-hybridized carbons (Fsp3) is 0.385. The first-order valence-corrected chi connectivity index (χ1v) is 14.1. The highest BCUT2D eigenvalue weighted by Gasteiger charge is 2.24. The van der Waals surface area contributed by atoms with Gasteiger partial charge in [0.25, 0.3) is 10.0 Å². The van der Waals surface area contributed by atoms with Gasteiger partial charge in [0.15, 0.2) is 5.13 Å². The van der Waals surface area contributed by atoms with E-state index in [0.717, 1.165) is 23.3 Å². The summed E-state index contributed by atoms with van der Waals surface area (Å²) in [5.74, 6) is 1.28. The molecule has 0 radical (unpaired) electrons. The number of aromatic nitrogens is 1. The van der Waals surface area contributed by atoms with Crippen molar-refractivity contribution >= 4 is 38.1 Å². The van der Waals surface area contributed by atoms with E-state index in [1.54, 1.807) is 50.4 Å². The summed E-state index contributed by atoms with van der Waals surface area (Å²) in [4.78, 5) is 17.8. The molecule has 3 aromatic rings. The normalized spacial score (nSPS) is 14.0. The minimum Gasteiger partial charge on any atom is -0.497 e. The molecule has 1 aliphatic rings. The largest absolute Gasteiger partial charge is 0.497 e. The van der Waals surface area contributed by atoms with Crippen LogP contribution in [0.15, 0.2) is 41.3 Å². The lowest BCUT2D eigenvalue weighted by Crippen LogP contribution is -2.15. The third-order valence-corrected chi connectivity index (χ3v) is 8.89. The van der Waals surface area contributed by atoms with Gasteiger partial charge in [0, 0.05) is 6.42 Å². The van der Waals surface area contributed by atoms with Gasteiger partial charge in [-0.1, -0.05) is 24.2 Å². The Kier molecular flexibility index (Phi) is 7.85. The number of thiazole rings is 1. The number of hydrogen-bond donors (Lipinski definition) is 2. The Morgan fingerprint density at radius 2 is 1.83 bits per heavy atom. The summed E-state index contributed by atoms with van der Waals surface area (Å²) in [5.41, 5.74) is 2.56. The maximum absolute atomic E-state index is 13.4. The van der Waals surface area contributed by atoms with Crippen molar-refractivity contribution in [3.8, 4) is 21.9 Å². The van der Waals surface area contributed by atoms with Crippen molar-refractivity contribution in [3.05, 3.63) is 47.7 Å². The quantitative estimate of drug-likeness (QED) is 0.365. The van der Waals surface area contributed by atoms with Gasteiger partial charge in [-0.05, 0) is 80.1 Å². The zero-order chi connectivity index (χ0) is 25.9. The number of carbonyl (C=O) groups is 1. The highest BCUT2D eigenvalue weighted by Crippen LogP contribution is 2.37. The van der Waals surface area contributed by atoms with Crippen LogP contribution in [0.5, 0.6) is 11.5 Å². The summed E-state index contributed by atoms with van der Waals surface area (Å²) in [6, 6.07) is 10.1. The first-order valence-electron chi connectivity index (χ1n) is 11.8. The van der Waals surface area contributed by atoms with Gasteiger partial charge in [0.05, 0.1) is 30.5 Å². The first kappa shape index (κ1) is 26.0. The minimum absolute atomic E-state index is 0.0114. The van der Waals surface area contributed by atoms with Gasteiger partial charge < -0.3 is 14.8 Å². The monoisotopic (exact) mass is 529 g/mol. The molecule has 1 aliphatic carbocycles. The lowest BCUT2D eigenvalue weighted by Gasteiger charge is -2.15. The van der Waals surface area contributed by atoms with Crippen molar-refractivity contribution < 1.29 is 22.7 Å². The third kappa shape index (κ3) is 5.82. The lowest BCUT2D eigenvalue weighted by atomic mass is 10.0. The van der Waals surface area contributed by atoms with Gasteiger partial charge in [-0.25, -0.2) is 13.4 Å². The van der Waals surface area contributed by atoms with E-state index in [0.29, 0.717) is 40.2 Å². The number of anilines is 2. The number of nitrogens with one attached hydrogen (secondary N) is 2. The number of rotatable bonds is 9. The van der Waals surface area contributed by atoms with E-state index in [9.17, 15) is 13.2 Å². The molecule has 0 aliphatic heterocycles. The number of aryl methyl sites for hydroxylation is 2. The van der Waals surface area contributed by atoms with Crippen LogP contribution in [-0.4, -0.2) is 33.5 Å². The van der Waals surface area contributed by atoms with E-state index in [1.165, 1.54) is 31.3 Å². The summed E-state index contributed by atoms with van der Waals surface area (Å²) in [7, 11) is -0.977. The van der Waals surface area contributed by atoms with E-state index in [-0.39, 0.29) is 16.6 Å². The van der Waals surface area contributed by atoms with Crippen molar-refractivity contribution in [3.63, 3.8) is 0 Å². The maximum atomic E-state index is 13.4. The predicted molar refractivity (Wildman–Crippen MR) is 143 cm³/mol. The first-order chi connectivity index (χ1) is 17.2. The van der Waals surface area contributed by atoms with Crippen molar-refractivity contribution in [2.45, 2.75) is 50.8 Å². The topological polar surface area (TPSA) is 107 Å². The Labute approximate surface area is 216 Å². The van der Waals surface area contributed by atoms with E-state index in [4.69, 9.17) is 9.47 Å². The molecule has 1 fully saturated rings. The average Bonchev–Trinajstić information content (AvgIpc) is 3.49. The molecule has 2 aromatic carbocycles. The summed E-state index contributed by atoms with van der Waals surface area (Å²) < 4.78 is 40.0. The molecule has 36 heavy (non-hydrogen) atoms. The van der Waals surface area contributed by atoms with E-state index in [2.05, 4.69) is 15.0 Å². The Hall–Kier alpha value is -3.11. The summed E-state index contributed by atoms with van der Waals surface area (Å²) in [5, 5.41) is 3.43. The number of amides is 1. The number of methoxy groups -OCH3 is 2. The van der Waals surface area contributed by atoms with Gasteiger partial charge in [-0.3, -0.25) is 9.52 Å². The fourth-order valence-electron chi connectivity index (χ4n) is 4.47. The van der Waals surface area contributed by atoms with Crippen LogP contribution in [0.3, 0.4) is 0 Å². The molecule has 1 aromatic heterocycles. The molecule has 8 nitrogen and oxygen atoms in total. The van der Waals surface area contributed by atoms with Crippen LogP contribution < -0.4 is 19.5 Å². The standard InChI is InChI=1S/C26H31N3O5S2/c1-16-13-20(33-3)10-11-21(16)29-36(31,32)23-15-19(9-12-22(23)34-4)25-17(2)27-26(35-25)28-24(30)14-18-7-5-6-8-18/h9-13,15,18,29H,5-8,14H2,1-4H3,(H,27,28,30). The Morgan fingerprint density at radius 1 is 1.08 bits per heavy atom. The Bertz CT molecular complexity index is 1360. The fourth-order valence-corrected chi connectivity index (χ4v) is 6.78. The number of benzene rings is 2. The molecule has 1 saturated carbocycles. The highest BCUT2D eigenvalue weighted by atomic mass is 32.2.